The zero-order valence-electron chi connectivity index (χ0n) is 26.9. The highest BCUT2D eigenvalue weighted by molar-refractivity contribution is 5.91. The van der Waals surface area contributed by atoms with Gasteiger partial charge < -0.3 is 9.47 Å². The fourth-order valence-electron chi connectivity index (χ4n) is 5.95. The second kappa shape index (κ2) is 17.2. The second-order valence-corrected chi connectivity index (χ2v) is 12.4. The third-order valence-electron chi connectivity index (χ3n) is 8.63. The summed E-state index contributed by atoms with van der Waals surface area (Å²) in [7, 11) is 0. The molecule has 0 atom stereocenters. The molecule has 2 aromatic carbocycles. The van der Waals surface area contributed by atoms with Crippen molar-refractivity contribution in [2.45, 2.75) is 124 Å². The SMILES string of the molecule is C=C(C)C(=O)Oc1cc(-c2ccc(C3CCC(CCCCC)CC3)cc2F)c(OC(=O)C(=C)C)cc1CCCCCCC. The minimum atomic E-state index is -0.588. The molecule has 0 unspecified atom stereocenters. The van der Waals surface area contributed by atoms with Crippen LogP contribution in [0.25, 0.3) is 11.1 Å². The van der Waals surface area contributed by atoms with Crippen LogP contribution in [0.5, 0.6) is 11.5 Å². The van der Waals surface area contributed by atoms with Crippen molar-refractivity contribution in [2.24, 2.45) is 5.92 Å². The van der Waals surface area contributed by atoms with Crippen LogP contribution in [0.3, 0.4) is 0 Å². The Morgan fingerprint density at radius 1 is 0.767 bits per heavy atom. The lowest BCUT2D eigenvalue weighted by atomic mass is 9.77. The Hall–Kier alpha value is -3.21. The average molecular weight is 591 g/mol. The van der Waals surface area contributed by atoms with Gasteiger partial charge in [0.2, 0.25) is 0 Å². The van der Waals surface area contributed by atoms with E-state index in [1.54, 1.807) is 38.1 Å². The van der Waals surface area contributed by atoms with E-state index in [9.17, 15) is 9.59 Å². The first-order chi connectivity index (χ1) is 20.6. The van der Waals surface area contributed by atoms with Gasteiger partial charge in [0.1, 0.15) is 17.3 Å². The standard InChI is InChI=1S/C38H51FO4/c1-7-9-11-12-14-16-31-24-36(43-38(41)27(5)6)33(25-35(31)42-37(40)26(3)4)32-22-21-30(23-34(32)39)29-19-17-28(18-20-29)15-13-10-8-2/h21-25,28-29H,3,5,7-20H2,1-2,4,6H3. The number of rotatable bonds is 16. The third kappa shape index (κ3) is 10.2. The zero-order valence-corrected chi connectivity index (χ0v) is 26.9. The van der Waals surface area contributed by atoms with Crippen molar-refractivity contribution in [3.05, 3.63) is 71.6 Å². The molecule has 43 heavy (non-hydrogen) atoms. The van der Waals surface area contributed by atoms with Gasteiger partial charge in [0, 0.05) is 22.3 Å². The van der Waals surface area contributed by atoms with Crippen LogP contribution in [-0.4, -0.2) is 11.9 Å². The predicted molar refractivity (Wildman–Crippen MR) is 174 cm³/mol. The lowest BCUT2D eigenvalue weighted by molar-refractivity contribution is -0.131. The van der Waals surface area contributed by atoms with Crippen molar-refractivity contribution in [1.29, 1.82) is 0 Å². The van der Waals surface area contributed by atoms with E-state index in [0.717, 1.165) is 62.0 Å². The van der Waals surface area contributed by atoms with Gasteiger partial charge in [-0.25, -0.2) is 14.0 Å². The summed E-state index contributed by atoms with van der Waals surface area (Å²) in [6.45, 7) is 15.0. The van der Waals surface area contributed by atoms with Gasteiger partial charge >= 0.3 is 11.9 Å². The van der Waals surface area contributed by atoms with E-state index in [2.05, 4.69) is 27.0 Å². The van der Waals surface area contributed by atoms with E-state index in [1.807, 2.05) is 6.07 Å². The summed E-state index contributed by atoms with van der Waals surface area (Å²) < 4.78 is 27.4. The first-order valence-electron chi connectivity index (χ1n) is 16.4. The molecular formula is C38H51FO4. The van der Waals surface area contributed by atoms with Crippen LogP contribution < -0.4 is 9.47 Å². The lowest BCUT2D eigenvalue weighted by Crippen LogP contribution is -2.14. The fourth-order valence-corrected chi connectivity index (χ4v) is 5.95. The van der Waals surface area contributed by atoms with E-state index in [0.29, 0.717) is 29.2 Å². The normalized spacial score (nSPS) is 16.5. The number of hydrogen-bond donors (Lipinski definition) is 0. The van der Waals surface area contributed by atoms with Gasteiger partial charge in [-0.1, -0.05) is 90.5 Å². The van der Waals surface area contributed by atoms with Gasteiger partial charge in [0.25, 0.3) is 0 Å². The zero-order chi connectivity index (χ0) is 31.4. The van der Waals surface area contributed by atoms with Crippen LogP contribution in [0.15, 0.2) is 54.6 Å². The van der Waals surface area contributed by atoms with Crippen molar-refractivity contribution in [1.82, 2.24) is 0 Å². The molecule has 0 radical (unpaired) electrons. The van der Waals surface area contributed by atoms with Crippen LogP contribution in [0, 0.1) is 11.7 Å². The summed E-state index contributed by atoms with van der Waals surface area (Å²) in [4.78, 5) is 25.2. The Bertz CT molecular complexity index is 1270. The average Bonchev–Trinajstić information content (AvgIpc) is 2.98. The fraction of sp³-hybridized carbons (Fsp3) is 0.526. The number of halogens is 1. The molecule has 1 aliphatic carbocycles. The van der Waals surface area contributed by atoms with Crippen molar-refractivity contribution >= 4 is 11.9 Å². The number of unbranched alkanes of at least 4 members (excludes halogenated alkanes) is 6. The highest BCUT2D eigenvalue weighted by Gasteiger charge is 2.25. The Kier molecular flexibility index (Phi) is 13.7. The monoisotopic (exact) mass is 590 g/mol. The van der Waals surface area contributed by atoms with E-state index in [-0.39, 0.29) is 22.7 Å². The molecule has 0 aromatic heterocycles. The van der Waals surface area contributed by atoms with Gasteiger partial charge in [-0.05, 0) is 93.5 Å². The van der Waals surface area contributed by atoms with E-state index in [1.165, 1.54) is 38.5 Å². The molecule has 2 aromatic rings. The van der Waals surface area contributed by atoms with E-state index in [4.69, 9.17) is 9.47 Å². The molecule has 1 saturated carbocycles. The van der Waals surface area contributed by atoms with Gasteiger partial charge in [-0.15, -0.1) is 0 Å². The van der Waals surface area contributed by atoms with Crippen molar-refractivity contribution in [3.63, 3.8) is 0 Å². The first-order valence-corrected chi connectivity index (χ1v) is 16.4. The summed E-state index contributed by atoms with van der Waals surface area (Å²) in [6, 6.07) is 8.72. The molecule has 3 rings (SSSR count). The molecule has 4 nitrogen and oxygen atoms in total. The quantitative estimate of drug-likeness (QED) is 0.0844. The van der Waals surface area contributed by atoms with Gasteiger partial charge in [-0.2, -0.15) is 0 Å². The Balaban J connectivity index is 1.94. The molecule has 0 N–H and O–H groups in total. The summed E-state index contributed by atoms with van der Waals surface area (Å²) >= 11 is 0. The number of esters is 2. The molecule has 0 amide bonds. The van der Waals surface area contributed by atoms with Crippen LogP contribution >= 0.6 is 0 Å². The van der Waals surface area contributed by atoms with Crippen molar-refractivity contribution in [3.8, 4) is 22.6 Å². The molecule has 0 saturated heterocycles. The third-order valence-corrected chi connectivity index (χ3v) is 8.63. The number of benzene rings is 2. The summed E-state index contributed by atoms with van der Waals surface area (Å²) in [6.07, 6.45) is 15.6. The van der Waals surface area contributed by atoms with Gasteiger partial charge in [0.15, 0.2) is 0 Å². The van der Waals surface area contributed by atoms with Crippen LogP contribution in [0.2, 0.25) is 0 Å². The van der Waals surface area contributed by atoms with E-state index >= 15 is 4.39 Å². The highest BCUT2D eigenvalue weighted by atomic mass is 19.1. The van der Waals surface area contributed by atoms with Crippen molar-refractivity contribution in [2.75, 3.05) is 0 Å². The molecule has 0 aliphatic heterocycles. The molecular weight excluding hydrogens is 539 g/mol. The predicted octanol–water partition coefficient (Wildman–Crippen LogP) is 10.8. The number of ether oxygens (including phenoxy) is 2. The topological polar surface area (TPSA) is 52.6 Å². The van der Waals surface area contributed by atoms with Gasteiger partial charge in [-0.3, -0.25) is 0 Å². The maximum absolute atomic E-state index is 15.9. The van der Waals surface area contributed by atoms with Gasteiger partial charge in [0.05, 0.1) is 0 Å². The first kappa shape index (κ1) is 34.3. The largest absolute Gasteiger partial charge is 0.423 e. The number of carbonyl (C=O) groups excluding carboxylic acids is 2. The molecule has 1 aliphatic rings. The molecule has 0 bridgehead atoms. The summed E-state index contributed by atoms with van der Waals surface area (Å²) in [5, 5.41) is 0. The van der Waals surface area contributed by atoms with Crippen LogP contribution in [0.4, 0.5) is 4.39 Å². The minimum Gasteiger partial charge on any atom is -0.423 e. The molecule has 1 fully saturated rings. The number of aryl methyl sites for hydroxylation is 1. The Labute approximate surface area is 258 Å². The highest BCUT2D eigenvalue weighted by Crippen LogP contribution is 2.42. The maximum Gasteiger partial charge on any atom is 0.338 e. The molecule has 0 heterocycles. The van der Waals surface area contributed by atoms with E-state index < -0.39 is 11.9 Å². The number of carbonyl (C=O) groups is 2. The molecule has 0 spiro atoms. The number of hydrogen-bond acceptors (Lipinski definition) is 4. The smallest absolute Gasteiger partial charge is 0.338 e. The minimum absolute atomic E-state index is 0.228. The lowest BCUT2D eigenvalue weighted by Gasteiger charge is -2.29. The maximum atomic E-state index is 15.9. The van der Waals surface area contributed by atoms with Crippen molar-refractivity contribution < 1.29 is 23.5 Å². The summed E-state index contributed by atoms with van der Waals surface area (Å²) in [5.74, 6) is 0.154. The molecule has 234 valence electrons. The second-order valence-electron chi connectivity index (χ2n) is 12.4. The summed E-state index contributed by atoms with van der Waals surface area (Å²) in [5.41, 5.74) is 2.90. The van der Waals surface area contributed by atoms with Crippen LogP contribution in [0.1, 0.15) is 128 Å². The molecule has 5 heteroatoms. The Morgan fingerprint density at radius 2 is 1.37 bits per heavy atom. The Morgan fingerprint density at radius 3 is 1.98 bits per heavy atom. The van der Waals surface area contributed by atoms with Crippen LogP contribution in [-0.2, 0) is 16.0 Å².